The maximum Gasteiger partial charge on any atom is 0.251 e. The van der Waals surface area contributed by atoms with Crippen LogP contribution >= 0.6 is 0 Å². The number of aliphatic hydroxyl groups is 1. The number of nitrogens with zero attached hydrogens (tertiary/aromatic N) is 1. The molecular formula is C12H19N3O3. The van der Waals surface area contributed by atoms with Crippen LogP contribution in [0.3, 0.4) is 0 Å². The van der Waals surface area contributed by atoms with E-state index in [1.807, 2.05) is 0 Å². The van der Waals surface area contributed by atoms with Crippen LogP contribution in [0.1, 0.15) is 20.3 Å². The van der Waals surface area contributed by atoms with Crippen molar-refractivity contribution in [1.82, 2.24) is 9.88 Å². The lowest BCUT2D eigenvalue weighted by Gasteiger charge is -2.15. The number of anilines is 1. The van der Waals surface area contributed by atoms with Crippen LogP contribution in [0.15, 0.2) is 23.1 Å². The molecule has 2 unspecified atom stereocenters. The van der Waals surface area contributed by atoms with Gasteiger partial charge >= 0.3 is 0 Å². The molecule has 0 radical (unpaired) electrons. The van der Waals surface area contributed by atoms with Gasteiger partial charge in [0.15, 0.2) is 0 Å². The van der Waals surface area contributed by atoms with Crippen LogP contribution in [0.2, 0.25) is 0 Å². The smallest absolute Gasteiger partial charge is 0.251 e. The summed E-state index contributed by atoms with van der Waals surface area (Å²) in [5.74, 6) is -0.282. The monoisotopic (exact) mass is 253 g/mol. The molecule has 0 aliphatic heterocycles. The number of pyridine rings is 1. The minimum absolute atomic E-state index is 0.0754. The maximum absolute atomic E-state index is 11.7. The van der Waals surface area contributed by atoms with Crippen molar-refractivity contribution in [2.24, 2.45) is 0 Å². The van der Waals surface area contributed by atoms with Crippen LogP contribution in [0.4, 0.5) is 5.69 Å². The van der Waals surface area contributed by atoms with Gasteiger partial charge in [0.05, 0.1) is 6.10 Å². The predicted octanol–water partition coefficient (Wildman–Crippen LogP) is -0.294. The van der Waals surface area contributed by atoms with Gasteiger partial charge in [-0.3, -0.25) is 9.59 Å². The van der Waals surface area contributed by atoms with Crippen LogP contribution in [0.5, 0.6) is 0 Å². The molecule has 18 heavy (non-hydrogen) atoms. The lowest BCUT2D eigenvalue weighted by Crippen LogP contribution is -2.38. The van der Waals surface area contributed by atoms with Gasteiger partial charge < -0.3 is 20.7 Å². The molecule has 0 saturated heterocycles. The van der Waals surface area contributed by atoms with Crippen molar-refractivity contribution in [3.63, 3.8) is 0 Å². The molecule has 1 heterocycles. The number of carbonyl (C=O) groups is 1. The standard InChI is InChI=1S/C12H19N3O3/c1-8(5-9(2)16)14-11(17)7-15-6-10(13)3-4-12(15)18/h3-4,6,8-9,16H,5,7,13H2,1-2H3,(H,14,17). The number of amides is 1. The minimum atomic E-state index is -0.476. The minimum Gasteiger partial charge on any atom is -0.398 e. The second-order valence-corrected chi connectivity index (χ2v) is 4.48. The van der Waals surface area contributed by atoms with E-state index >= 15 is 0 Å². The highest BCUT2D eigenvalue weighted by Crippen LogP contribution is 1.98. The molecule has 6 heteroatoms. The molecule has 0 bridgehead atoms. The highest BCUT2D eigenvalue weighted by atomic mass is 16.3. The summed E-state index contributed by atoms with van der Waals surface area (Å²) in [6, 6.07) is 2.67. The second kappa shape index (κ2) is 6.20. The van der Waals surface area contributed by atoms with Gasteiger partial charge in [-0.2, -0.15) is 0 Å². The summed E-state index contributed by atoms with van der Waals surface area (Å²) in [4.78, 5) is 23.1. The van der Waals surface area contributed by atoms with Crippen molar-refractivity contribution in [2.45, 2.75) is 39.0 Å². The lowest BCUT2D eigenvalue weighted by atomic mass is 10.1. The van der Waals surface area contributed by atoms with Crippen LogP contribution in [0.25, 0.3) is 0 Å². The van der Waals surface area contributed by atoms with E-state index in [1.54, 1.807) is 13.8 Å². The molecule has 6 nitrogen and oxygen atoms in total. The molecule has 1 aromatic heterocycles. The summed E-state index contributed by atoms with van der Waals surface area (Å²) in [7, 11) is 0. The first-order valence-corrected chi connectivity index (χ1v) is 5.82. The zero-order valence-electron chi connectivity index (χ0n) is 10.6. The van der Waals surface area contributed by atoms with Gasteiger partial charge in [0.25, 0.3) is 5.56 Å². The molecule has 1 rings (SSSR count). The average Bonchev–Trinajstić information content (AvgIpc) is 2.21. The predicted molar refractivity (Wildman–Crippen MR) is 69.0 cm³/mol. The summed E-state index contributed by atoms with van der Waals surface area (Å²) in [6.45, 7) is 3.38. The van der Waals surface area contributed by atoms with Gasteiger partial charge in [0.2, 0.25) is 5.91 Å². The SMILES string of the molecule is CC(O)CC(C)NC(=O)Cn1cc(N)ccc1=O. The van der Waals surface area contributed by atoms with Crippen molar-refractivity contribution < 1.29 is 9.90 Å². The fourth-order valence-electron chi connectivity index (χ4n) is 1.72. The normalized spacial score (nSPS) is 13.9. The molecule has 0 aliphatic rings. The first-order valence-electron chi connectivity index (χ1n) is 5.82. The highest BCUT2D eigenvalue weighted by molar-refractivity contribution is 5.76. The number of nitrogens with one attached hydrogen (secondary N) is 1. The molecule has 0 fully saturated rings. The third kappa shape index (κ3) is 4.58. The summed E-state index contributed by atoms with van der Waals surface area (Å²) in [5.41, 5.74) is 5.70. The Morgan fingerprint density at radius 3 is 2.78 bits per heavy atom. The Bertz CT molecular complexity index is 468. The molecule has 100 valence electrons. The van der Waals surface area contributed by atoms with E-state index in [2.05, 4.69) is 5.32 Å². The third-order valence-corrected chi connectivity index (χ3v) is 2.42. The number of nitrogens with two attached hydrogens (primary N) is 1. The zero-order valence-corrected chi connectivity index (χ0v) is 10.6. The quantitative estimate of drug-likeness (QED) is 0.671. The van der Waals surface area contributed by atoms with Crippen molar-refractivity contribution in [3.05, 3.63) is 28.7 Å². The summed E-state index contributed by atoms with van der Waals surface area (Å²) in [5, 5.41) is 11.9. The van der Waals surface area contributed by atoms with Crippen molar-refractivity contribution in [1.29, 1.82) is 0 Å². The molecule has 0 spiro atoms. The molecule has 0 aliphatic carbocycles. The van der Waals surface area contributed by atoms with E-state index in [4.69, 9.17) is 5.73 Å². The summed E-state index contributed by atoms with van der Waals surface area (Å²) in [6.07, 6.45) is 1.43. The van der Waals surface area contributed by atoms with Crippen molar-refractivity contribution in [3.8, 4) is 0 Å². The van der Waals surface area contributed by atoms with Gasteiger partial charge in [-0.25, -0.2) is 0 Å². The molecule has 1 amide bonds. The number of carbonyl (C=O) groups excluding carboxylic acids is 1. The molecule has 4 N–H and O–H groups in total. The fraction of sp³-hybridized carbons (Fsp3) is 0.500. The van der Waals surface area contributed by atoms with E-state index in [-0.39, 0.29) is 24.1 Å². The largest absolute Gasteiger partial charge is 0.398 e. The van der Waals surface area contributed by atoms with E-state index in [0.717, 1.165) is 0 Å². The second-order valence-electron chi connectivity index (χ2n) is 4.48. The van der Waals surface area contributed by atoms with Crippen molar-refractivity contribution >= 4 is 11.6 Å². The van der Waals surface area contributed by atoms with Gasteiger partial charge in [-0.15, -0.1) is 0 Å². The van der Waals surface area contributed by atoms with Crippen molar-refractivity contribution in [2.75, 3.05) is 5.73 Å². The molecule has 2 atom stereocenters. The molecule has 0 aromatic carbocycles. The Kier molecular flexibility index (Phi) is 4.91. The number of aromatic nitrogens is 1. The number of hydrogen-bond acceptors (Lipinski definition) is 4. The van der Waals surface area contributed by atoms with Gasteiger partial charge in [0.1, 0.15) is 6.54 Å². The maximum atomic E-state index is 11.7. The summed E-state index contributed by atoms with van der Waals surface area (Å²) < 4.78 is 1.25. The zero-order chi connectivity index (χ0) is 13.7. The van der Waals surface area contributed by atoms with E-state index in [1.165, 1.54) is 22.9 Å². The molecule has 1 aromatic rings. The summed E-state index contributed by atoms with van der Waals surface area (Å²) >= 11 is 0. The number of hydrogen-bond donors (Lipinski definition) is 3. The Morgan fingerprint density at radius 1 is 1.50 bits per heavy atom. The van der Waals surface area contributed by atoms with Crippen LogP contribution in [-0.2, 0) is 11.3 Å². The Hall–Kier alpha value is -1.82. The average molecular weight is 253 g/mol. The molecule has 0 saturated carbocycles. The van der Waals surface area contributed by atoms with E-state index < -0.39 is 6.10 Å². The highest BCUT2D eigenvalue weighted by Gasteiger charge is 2.10. The number of aliphatic hydroxyl groups excluding tert-OH is 1. The Morgan fingerprint density at radius 2 is 2.17 bits per heavy atom. The fourth-order valence-corrected chi connectivity index (χ4v) is 1.72. The van der Waals surface area contributed by atoms with Crippen LogP contribution in [-0.4, -0.2) is 27.7 Å². The van der Waals surface area contributed by atoms with Gasteiger partial charge in [0, 0.05) is 24.0 Å². The van der Waals surface area contributed by atoms with Crippen LogP contribution < -0.4 is 16.6 Å². The van der Waals surface area contributed by atoms with Gasteiger partial charge in [-0.1, -0.05) is 0 Å². The van der Waals surface area contributed by atoms with E-state index in [0.29, 0.717) is 12.1 Å². The lowest BCUT2D eigenvalue weighted by molar-refractivity contribution is -0.122. The number of nitrogen functional groups attached to an aromatic ring is 1. The topological polar surface area (TPSA) is 97.3 Å². The first-order chi connectivity index (χ1) is 8.38. The first kappa shape index (κ1) is 14.2. The van der Waals surface area contributed by atoms with E-state index in [9.17, 15) is 14.7 Å². The Balaban J connectivity index is 2.59. The molecular weight excluding hydrogens is 234 g/mol. The van der Waals surface area contributed by atoms with Gasteiger partial charge in [-0.05, 0) is 26.3 Å². The Labute approximate surface area is 105 Å². The third-order valence-electron chi connectivity index (χ3n) is 2.42. The van der Waals surface area contributed by atoms with Crippen LogP contribution in [0, 0.1) is 0 Å². The number of rotatable bonds is 5.